The molecule has 0 radical (unpaired) electrons. The van der Waals surface area contributed by atoms with Crippen molar-refractivity contribution in [2.75, 3.05) is 40.0 Å². The summed E-state index contributed by atoms with van der Waals surface area (Å²) in [5, 5.41) is 3.28. The monoisotopic (exact) mass is 278 g/mol. The van der Waals surface area contributed by atoms with Crippen molar-refractivity contribution in [1.29, 1.82) is 0 Å². The fourth-order valence-corrected chi connectivity index (χ4v) is 2.06. The molecule has 1 aliphatic rings. The van der Waals surface area contributed by atoms with E-state index in [4.69, 9.17) is 9.47 Å². The number of hydrogen-bond donors (Lipinski definition) is 1. The molecule has 1 heterocycles. The first-order valence-electron chi connectivity index (χ1n) is 6.98. The molecule has 1 unspecified atom stereocenters. The maximum absolute atomic E-state index is 12.0. The third-order valence-corrected chi connectivity index (χ3v) is 3.28. The zero-order valence-corrected chi connectivity index (χ0v) is 11.9. The Morgan fingerprint density at radius 1 is 1.45 bits per heavy atom. The molecule has 1 fully saturated rings. The lowest BCUT2D eigenvalue weighted by molar-refractivity contribution is -0.131. The Bertz CT molecular complexity index is 405. The van der Waals surface area contributed by atoms with E-state index in [0.717, 1.165) is 18.9 Å². The van der Waals surface area contributed by atoms with Crippen LogP contribution in [0.3, 0.4) is 0 Å². The van der Waals surface area contributed by atoms with Crippen molar-refractivity contribution in [3.05, 3.63) is 30.3 Å². The van der Waals surface area contributed by atoms with E-state index in [-0.39, 0.29) is 11.9 Å². The smallest absolute Gasteiger partial charge is 0.224 e. The van der Waals surface area contributed by atoms with Crippen LogP contribution in [0.4, 0.5) is 0 Å². The number of likely N-dealkylation sites (N-methyl/N-ethyl adjacent to an activating group) is 1. The maximum Gasteiger partial charge on any atom is 0.224 e. The summed E-state index contributed by atoms with van der Waals surface area (Å²) >= 11 is 0. The number of hydrogen-bond acceptors (Lipinski definition) is 4. The summed E-state index contributed by atoms with van der Waals surface area (Å²) in [6.07, 6.45) is 0.474. The quantitative estimate of drug-likeness (QED) is 0.840. The van der Waals surface area contributed by atoms with Gasteiger partial charge in [-0.3, -0.25) is 4.79 Å². The van der Waals surface area contributed by atoms with Gasteiger partial charge < -0.3 is 19.7 Å². The standard InChI is InChI=1S/C15H22N2O3/c1-17(8-10-20-14-5-3-2-4-6-14)15(18)11-13-12-19-9-7-16-13/h2-6,13,16H,7-12H2,1H3. The van der Waals surface area contributed by atoms with Crippen molar-refractivity contribution in [2.24, 2.45) is 0 Å². The van der Waals surface area contributed by atoms with Crippen molar-refractivity contribution in [3.8, 4) is 5.75 Å². The summed E-state index contributed by atoms with van der Waals surface area (Å²) in [4.78, 5) is 13.7. The second kappa shape index (κ2) is 7.87. The van der Waals surface area contributed by atoms with Gasteiger partial charge in [-0.05, 0) is 12.1 Å². The number of benzene rings is 1. The minimum Gasteiger partial charge on any atom is -0.492 e. The van der Waals surface area contributed by atoms with Gasteiger partial charge in [-0.2, -0.15) is 0 Å². The SMILES string of the molecule is CN(CCOc1ccccc1)C(=O)CC1COCCN1. The number of nitrogens with zero attached hydrogens (tertiary/aromatic N) is 1. The molecule has 1 aliphatic heterocycles. The lowest BCUT2D eigenvalue weighted by Gasteiger charge is -2.25. The van der Waals surface area contributed by atoms with Crippen molar-refractivity contribution in [3.63, 3.8) is 0 Å². The number of nitrogens with one attached hydrogen (secondary N) is 1. The molecule has 5 heteroatoms. The van der Waals surface area contributed by atoms with E-state index in [1.165, 1.54) is 0 Å². The highest BCUT2D eigenvalue weighted by molar-refractivity contribution is 5.76. The summed E-state index contributed by atoms with van der Waals surface area (Å²) in [5.41, 5.74) is 0. The molecule has 5 nitrogen and oxygen atoms in total. The molecule has 0 aromatic heterocycles. The third kappa shape index (κ3) is 4.83. The molecule has 1 atom stereocenters. The average molecular weight is 278 g/mol. The minimum absolute atomic E-state index is 0.115. The third-order valence-electron chi connectivity index (χ3n) is 3.28. The topological polar surface area (TPSA) is 50.8 Å². The number of para-hydroxylation sites is 1. The van der Waals surface area contributed by atoms with Gasteiger partial charge in [0, 0.05) is 26.1 Å². The Labute approximate surface area is 119 Å². The first kappa shape index (κ1) is 14.8. The summed E-state index contributed by atoms with van der Waals surface area (Å²) in [5.74, 6) is 0.945. The fraction of sp³-hybridized carbons (Fsp3) is 0.533. The van der Waals surface area contributed by atoms with Crippen LogP contribution in [0.5, 0.6) is 5.75 Å². The normalized spacial score (nSPS) is 18.6. The molecule has 1 aromatic rings. The molecule has 0 aliphatic carbocycles. The molecule has 110 valence electrons. The van der Waals surface area contributed by atoms with E-state index >= 15 is 0 Å². The first-order chi connectivity index (χ1) is 9.75. The van der Waals surface area contributed by atoms with E-state index in [0.29, 0.717) is 26.2 Å². The number of carbonyl (C=O) groups excluding carboxylic acids is 1. The molecule has 20 heavy (non-hydrogen) atoms. The molecule has 1 saturated heterocycles. The van der Waals surface area contributed by atoms with Gasteiger partial charge in [-0.25, -0.2) is 0 Å². The van der Waals surface area contributed by atoms with Gasteiger partial charge >= 0.3 is 0 Å². The lowest BCUT2D eigenvalue weighted by atomic mass is 10.2. The van der Waals surface area contributed by atoms with E-state index < -0.39 is 0 Å². The molecule has 1 aromatic carbocycles. The van der Waals surface area contributed by atoms with Crippen molar-refractivity contribution in [2.45, 2.75) is 12.5 Å². The molecule has 0 spiro atoms. The van der Waals surface area contributed by atoms with Crippen LogP contribution in [0.2, 0.25) is 0 Å². The molecular weight excluding hydrogens is 256 g/mol. The van der Waals surface area contributed by atoms with Gasteiger partial charge in [0.25, 0.3) is 0 Å². The minimum atomic E-state index is 0.115. The summed E-state index contributed by atoms with van der Waals surface area (Å²) in [6.45, 7) is 3.24. The van der Waals surface area contributed by atoms with Crippen LogP contribution in [0.25, 0.3) is 0 Å². The molecule has 2 rings (SSSR count). The Morgan fingerprint density at radius 2 is 2.25 bits per heavy atom. The van der Waals surface area contributed by atoms with Crippen LogP contribution in [0.1, 0.15) is 6.42 Å². The summed E-state index contributed by atoms with van der Waals surface area (Å²) in [6, 6.07) is 9.75. The molecule has 0 bridgehead atoms. The average Bonchev–Trinajstić information content (AvgIpc) is 2.49. The van der Waals surface area contributed by atoms with Crippen molar-refractivity contribution < 1.29 is 14.3 Å². The Balaban J connectivity index is 1.65. The highest BCUT2D eigenvalue weighted by Crippen LogP contribution is 2.08. The maximum atomic E-state index is 12.0. The van der Waals surface area contributed by atoms with Crippen LogP contribution < -0.4 is 10.1 Å². The van der Waals surface area contributed by atoms with Crippen molar-refractivity contribution >= 4 is 5.91 Å². The van der Waals surface area contributed by atoms with Crippen LogP contribution in [0.15, 0.2) is 30.3 Å². The van der Waals surface area contributed by atoms with Crippen LogP contribution in [-0.4, -0.2) is 56.8 Å². The Hall–Kier alpha value is -1.59. The van der Waals surface area contributed by atoms with Gasteiger partial charge in [-0.1, -0.05) is 18.2 Å². The van der Waals surface area contributed by atoms with Crippen molar-refractivity contribution in [1.82, 2.24) is 10.2 Å². The van der Waals surface area contributed by atoms with Crippen LogP contribution in [-0.2, 0) is 9.53 Å². The number of rotatable bonds is 6. The second-order valence-corrected chi connectivity index (χ2v) is 4.91. The van der Waals surface area contributed by atoms with Gasteiger partial charge in [0.15, 0.2) is 0 Å². The lowest BCUT2D eigenvalue weighted by Crippen LogP contribution is -2.45. The zero-order valence-electron chi connectivity index (χ0n) is 11.9. The van der Waals surface area contributed by atoms with Crippen LogP contribution in [0, 0.1) is 0 Å². The predicted octanol–water partition coefficient (Wildman–Crippen LogP) is 0.902. The van der Waals surface area contributed by atoms with Gasteiger partial charge in [0.2, 0.25) is 5.91 Å². The van der Waals surface area contributed by atoms with Gasteiger partial charge in [-0.15, -0.1) is 0 Å². The second-order valence-electron chi connectivity index (χ2n) is 4.91. The number of amides is 1. The summed E-state index contributed by atoms with van der Waals surface area (Å²) < 4.78 is 10.9. The van der Waals surface area contributed by atoms with Gasteiger partial charge in [0.1, 0.15) is 12.4 Å². The molecular formula is C15H22N2O3. The Kier molecular flexibility index (Phi) is 5.83. The van der Waals surface area contributed by atoms with Gasteiger partial charge in [0.05, 0.1) is 19.8 Å². The van der Waals surface area contributed by atoms with Crippen LogP contribution >= 0.6 is 0 Å². The zero-order chi connectivity index (χ0) is 14.2. The van der Waals surface area contributed by atoms with E-state index in [9.17, 15) is 4.79 Å². The van der Waals surface area contributed by atoms with E-state index in [1.54, 1.807) is 11.9 Å². The largest absolute Gasteiger partial charge is 0.492 e. The number of ether oxygens (including phenoxy) is 2. The molecule has 1 amide bonds. The fourth-order valence-electron chi connectivity index (χ4n) is 2.06. The highest BCUT2D eigenvalue weighted by atomic mass is 16.5. The number of morpholine rings is 1. The Morgan fingerprint density at radius 3 is 2.95 bits per heavy atom. The van der Waals surface area contributed by atoms with E-state index in [1.807, 2.05) is 30.3 Å². The molecule has 1 N–H and O–H groups in total. The molecule has 0 saturated carbocycles. The highest BCUT2D eigenvalue weighted by Gasteiger charge is 2.19. The van der Waals surface area contributed by atoms with E-state index in [2.05, 4.69) is 5.32 Å². The number of carbonyl (C=O) groups is 1. The predicted molar refractivity (Wildman–Crippen MR) is 76.8 cm³/mol. The first-order valence-corrected chi connectivity index (χ1v) is 6.98. The summed E-state index contributed by atoms with van der Waals surface area (Å²) in [7, 11) is 1.81.